The number of likely N-dealkylation sites (tertiary alicyclic amines) is 1. The van der Waals surface area contributed by atoms with E-state index in [9.17, 15) is 14.4 Å². The van der Waals surface area contributed by atoms with Gasteiger partial charge < -0.3 is 20.4 Å². The quantitative estimate of drug-likeness (QED) is 0.748. The van der Waals surface area contributed by atoms with Gasteiger partial charge in [0.1, 0.15) is 6.04 Å². The SMILES string of the molecule is CC(NC(=O)C(C)(C)C)C(=O)N1CCCC(N2CCNCC2=O)C1.Cl. The lowest BCUT2D eigenvalue weighted by Crippen LogP contribution is -2.59. The molecule has 8 heteroatoms. The minimum absolute atomic E-state index is 0. The third-order valence-electron chi connectivity index (χ3n) is 4.67. The molecular weight excluding hydrogens is 344 g/mol. The molecule has 7 nitrogen and oxygen atoms in total. The van der Waals surface area contributed by atoms with Gasteiger partial charge in [0.15, 0.2) is 0 Å². The lowest BCUT2D eigenvalue weighted by molar-refractivity contribution is -0.142. The van der Waals surface area contributed by atoms with E-state index in [1.54, 1.807) is 11.8 Å². The molecule has 0 spiro atoms. The molecule has 3 amide bonds. The van der Waals surface area contributed by atoms with Crippen molar-refractivity contribution in [2.45, 2.75) is 52.6 Å². The van der Waals surface area contributed by atoms with E-state index in [2.05, 4.69) is 10.6 Å². The Morgan fingerprint density at radius 2 is 1.96 bits per heavy atom. The summed E-state index contributed by atoms with van der Waals surface area (Å²) in [6.45, 7) is 10.3. The van der Waals surface area contributed by atoms with Crippen LogP contribution in [0.1, 0.15) is 40.5 Å². The van der Waals surface area contributed by atoms with E-state index in [-0.39, 0.29) is 36.2 Å². The van der Waals surface area contributed by atoms with Gasteiger partial charge in [-0.05, 0) is 19.8 Å². The van der Waals surface area contributed by atoms with Crippen LogP contribution in [0, 0.1) is 5.41 Å². The highest BCUT2D eigenvalue weighted by Gasteiger charge is 2.34. The molecule has 144 valence electrons. The highest BCUT2D eigenvalue weighted by Crippen LogP contribution is 2.18. The molecule has 0 radical (unpaired) electrons. The van der Waals surface area contributed by atoms with Gasteiger partial charge in [0.25, 0.3) is 0 Å². The molecule has 2 fully saturated rings. The monoisotopic (exact) mass is 374 g/mol. The van der Waals surface area contributed by atoms with Crippen LogP contribution in [0.4, 0.5) is 0 Å². The molecule has 2 aliphatic rings. The van der Waals surface area contributed by atoms with Crippen LogP contribution in [0.5, 0.6) is 0 Å². The number of piperidine rings is 1. The van der Waals surface area contributed by atoms with Gasteiger partial charge in [-0.15, -0.1) is 12.4 Å². The van der Waals surface area contributed by atoms with Crippen LogP contribution in [-0.4, -0.2) is 72.3 Å². The number of piperazine rings is 1. The van der Waals surface area contributed by atoms with Gasteiger partial charge in [0, 0.05) is 37.6 Å². The number of hydrogen-bond donors (Lipinski definition) is 2. The third kappa shape index (κ3) is 5.57. The Kier molecular flexibility index (Phi) is 7.68. The van der Waals surface area contributed by atoms with E-state index >= 15 is 0 Å². The molecule has 0 bridgehead atoms. The van der Waals surface area contributed by atoms with Crippen LogP contribution in [0.25, 0.3) is 0 Å². The number of carbonyl (C=O) groups is 3. The highest BCUT2D eigenvalue weighted by atomic mass is 35.5. The molecule has 0 aromatic heterocycles. The maximum absolute atomic E-state index is 12.7. The van der Waals surface area contributed by atoms with Crippen LogP contribution in [0.3, 0.4) is 0 Å². The molecular formula is C17H31ClN4O3. The van der Waals surface area contributed by atoms with Gasteiger partial charge >= 0.3 is 0 Å². The van der Waals surface area contributed by atoms with E-state index in [1.807, 2.05) is 25.7 Å². The van der Waals surface area contributed by atoms with Crippen LogP contribution in [0.15, 0.2) is 0 Å². The van der Waals surface area contributed by atoms with Crippen molar-refractivity contribution in [2.75, 3.05) is 32.7 Å². The Hall–Kier alpha value is -1.34. The van der Waals surface area contributed by atoms with Crippen LogP contribution < -0.4 is 10.6 Å². The fourth-order valence-electron chi connectivity index (χ4n) is 3.17. The topological polar surface area (TPSA) is 81.8 Å². The van der Waals surface area contributed by atoms with Crippen molar-refractivity contribution in [1.29, 1.82) is 0 Å². The minimum Gasteiger partial charge on any atom is -0.344 e. The van der Waals surface area contributed by atoms with Gasteiger partial charge in [-0.2, -0.15) is 0 Å². The molecule has 25 heavy (non-hydrogen) atoms. The zero-order valence-corrected chi connectivity index (χ0v) is 16.4. The molecule has 0 aromatic carbocycles. The molecule has 2 aliphatic heterocycles. The number of rotatable bonds is 3. The molecule has 2 saturated heterocycles. The van der Waals surface area contributed by atoms with Crippen LogP contribution in [-0.2, 0) is 14.4 Å². The zero-order valence-electron chi connectivity index (χ0n) is 15.6. The van der Waals surface area contributed by atoms with Crippen molar-refractivity contribution in [2.24, 2.45) is 5.41 Å². The lowest BCUT2D eigenvalue weighted by atomic mass is 9.95. The summed E-state index contributed by atoms with van der Waals surface area (Å²) in [4.78, 5) is 40.5. The van der Waals surface area contributed by atoms with E-state index in [4.69, 9.17) is 0 Å². The van der Waals surface area contributed by atoms with E-state index in [1.165, 1.54) is 0 Å². The van der Waals surface area contributed by atoms with Gasteiger partial charge in [-0.1, -0.05) is 20.8 Å². The normalized spacial score (nSPS) is 22.9. The third-order valence-corrected chi connectivity index (χ3v) is 4.67. The number of hydrogen-bond acceptors (Lipinski definition) is 4. The summed E-state index contributed by atoms with van der Waals surface area (Å²) in [7, 11) is 0. The van der Waals surface area contributed by atoms with Crippen molar-refractivity contribution in [3.8, 4) is 0 Å². The van der Waals surface area contributed by atoms with Gasteiger partial charge in [0.2, 0.25) is 17.7 Å². The average Bonchev–Trinajstić information content (AvgIpc) is 2.53. The van der Waals surface area contributed by atoms with Crippen molar-refractivity contribution < 1.29 is 14.4 Å². The number of nitrogens with one attached hydrogen (secondary N) is 2. The van der Waals surface area contributed by atoms with E-state index in [0.29, 0.717) is 26.2 Å². The number of nitrogens with zero attached hydrogens (tertiary/aromatic N) is 2. The first-order valence-electron chi connectivity index (χ1n) is 8.80. The first-order valence-corrected chi connectivity index (χ1v) is 8.80. The second-order valence-electron chi connectivity index (χ2n) is 7.79. The van der Waals surface area contributed by atoms with Gasteiger partial charge in [-0.3, -0.25) is 14.4 Å². The summed E-state index contributed by atoms with van der Waals surface area (Å²) in [6, 6.07) is -0.461. The average molecular weight is 375 g/mol. The largest absolute Gasteiger partial charge is 0.344 e. The molecule has 2 heterocycles. The predicted octanol–water partition coefficient (Wildman–Crippen LogP) is 0.382. The Morgan fingerprint density at radius 1 is 1.28 bits per heavy atom. The van der Waals surface area contributed by atoms with Crippen LogP contribution >= 0.6 is 12.4 Å². The van der Waals surface area contributed by atoms with Crippen molar-refractivity contribution in [3.05, 3.63) is 0 Å². The molecule has 0 saturated carbocycles. The molecule has 2 rings (SSSR count). The van der Waals surface area contributed by atoms with Gasteiger partial charge in [-0.25, -0.2) is 0 Å². The Bertz CT molecular complexity index is 507. The predicted molar refractivity (Wildman–Crippen MR) is 98.5 cm³/mol. The van der Waals surface area contributed by atoms with Crippen LogP contribution in [0.2, 0.25) is 0 Å². The maximum atomic E-state index is 12.7. The first kappa shape index (κ1) is 21.7. The second-order valence-corrected chi connectivity index (χ2v) is 7.79. The number of carbonyl (C=O) groups excluding carboxylic acids is 3. The summed E-state index contributed by atoms with van der Waals surface area (Å²) in [5.41, 5.74) is -0.522. The maximum Gasteiger partial charge on any atom is 0.244 e. The molecule has 0 aromatic rings. The van der Waals surface area contributed by atoms with Gasteiger partial charge in [0.05, 0.1) is 6.54 Å². The number of amides is 3. The molecule has 0 aliphatic carbocycles. The zero-order chi connectivity index (χ0) is 17.9. The van der Waals surface area contributed by atoms with Crippen molar-refractivity contribution in [3.63, 3.8) is 0 Å². The fourth-order valence-corrected chi connectivity index (χ4v) is 3.17. The Labute approximate surface area is 156 Å². The van der Waals surface area contributed by atoms with E-state index in [0.717, 1.165) is 19.4 Å². The first-order chi connectivity index (χ1) is 11.2. The summed E-state index contributed by atoms with van der Waals surface area (Å²) in [5, 5.41) is 5.87. The second kappa shape index (κ2) is 8.85. The minimum atomic E-state index is -0.547. The van der Waals surface area contributed by atoms with E-state index < -0.39 is 11.5 Å². The number of halogens is 1. The standard InChI is InChI=1S/C17H30N4O3.ClH/c1-12(19-16(24)17(2,3)4)15(23)20-8-5-6-13(11-20)21-9-7-18-10-14(21)22;/h12-13,18H,5-11H2,1-4H3,(H,19,24);1H. The Balaban J connectivity index is 0.00000312. The Morgan fingerprint density at radius 3 is 2.56 bits per heavy atom. The fraction of sp³-hybridized carbons (Fsp3) is 0.824. The highest BCUT2D eigenvalue weighted by molar-refractivity contribution is 5.89. The summed E-state index contributed by atoms with van der Waals surface area (Å²) < 4.78 is 0. The smallest absolute Gasteiger partial charge is 0.244 e. The lowest BCUT2D eigenvalue weighted by Gasteiger charge is -2.41. The van der Waals surface area contributed by atoms with Crippen molar-refractivity contribution in [1.82, 2.24) is 20.4 Å². The molecule has 2 unspecified atom stereocenters. The van der Waals surface area contributed by atoms with Crippen molar-refractivity contribution >= 4 is 30.1 Å². The molecule has 2 atom stereocenters. The molecule has 2 N–H and O–H groups in total. The summed E-state index contributed by atoms with van der Waals surface area (Å²) >= 11 is 0. The summed E-state index contributed by atoms with van der Waals surface area (Å²) in [6.07, 6.45) is 1.81. The summed E-state index contributed by atoms with van der Waals surface area (Å²) in [5.74, 6) is -0.0938.